The normalized spacial score (nSPS) is 10.2. The van der Waals surface area contributed by atoms with Gasteiger partial charge >= 0.3 is 0 Å². The molecule has 40 heavy (non-hydrogen) atoms. The number of carbonyl (C=O) groups is 2. The number of alkyl halides is 2. The van der Waals surface area contributed by atoms with Gasteiger partial charge in [0.25, 0.3) is 5.91 Å². The molecule has 2 amide bonds. The van der Waals surface area contributed by atoms with Crippen molar-refractivity contribution < 1.29 is 9.59 Å². The Bertz CT molecular complexity index is 1450. The SMILES string of the molecule is Cl.Cl.NC(N)=NCC(=O)Nc1cc(-c2nc3ccc(C(=O)Nc4ccc(N(CCCl)CCCl)cc4)cc3[nH]2)cs1. The maximum atomic E-state index is 12.9. The largest absolute Gasteiger partial charge is 0.370 e. The zero-order valence-corrected chi connectivity index (χ0v) is 25.0. The van der Waals surface area contributed by atoms with Crippen LogP contribution in [0.5, 0.6) is 0 Å². The quantitative estimate of drug-likeness (QED) is 0.0889. The Morgan fingerprint density at radius 3 is 2.35 bits per heavy atom. The summed E-state index contributed by atoms with van der Waals surface area (Å²) in [5.74, 6) is 0.899. The van der Waals surface area contributed by atoms with Gasteiger partial charge in [0.05, 0.1) is 16.0 Å². The van der Waals surface area contributed by atoms with E-state index in [0.29, 0.717) is 58.0 Å². The number of nitrogens with zero attached hydrogens (tertiary/aromatic N) is 3. The lowest BCUT2D eigenvalue weighted by Crippen LogP contribution is -2.27. The summed E-state index contributed by atoms with van der Waals surface area (Å²) in [5, 5.41) is 8.17. The Hall–Kier alpha value is -3.22. The van der Waals surface area contributed by atoms with E-state index in [9.17, 15) is 9.59 Å². The van der Waals surface area contributed by atoms with Gasteiger partial charge in [-0.15, -0.1) is 59.4 Å². The number of halogens is 4. The Morgan fingerprint density at radius 2 is 1.70 bits per heavy atom. The van der Waals surface area contributed by atoms with Crippen molar-refractivity contribution in [2.45, 2.75) is 0 Å². The van der Waals surface area contributed by atoms with E-state index < -0.39 is 0 Å². The van der Waals surface area contributed by atoms with Crippen molar-refractivity contribution in [1.29, 1.82) is 0 Å². The molecule has 0 unspecified atom stereocenters. The van der Waals surface area contributed by atoms with Gasteiger partial charge in [-0.3, -0.25) is 9.59 Å². The molecule has 0 spiro atoms. The fraction of sp³-hybridized carbons (Fsp3) is 0.200. The van der Waals surface area contributed by atoms with Crippen LogP contribution in [0, 0.1) is 0 Å². The van der Waals surface area contributed by atoms with Gasteiger partial charge in [0.2, 0.25) is 5.91 Å². The molecule has 0 aliphatic carbocycles. The molecule has 214 valence electrons. The first kappa shape index (κ1) is 33.0. The van der Waals surface area contributed by atoms with Crippen LogP contribution in [0.3, 0.4) is 0 Å². The monoisotopic (exact) mass is 644 g/mol. The number of fused-ring (bicyclic) bond motifs is 1. The van der Waals surface area contributed by atoms with Crippen LogP contribution < -0.4 is 27.0 Å². The third-order valence-electron chi connectivity index (χ3n) is 5.48. The summed E-state index contributed by atoms with van der Waals surface area (Å²) in [6.45, 7) is 1.22. The predicted molar refractivity (Wildman–Crippen MR) is 171 cm³/mol. The first-order valence-electron chi connectivity index (χ1n) is 11.6. The van der Waals surface area contributed by atoms with Gasteiger partial charge in [-0.05, 0) is 48.5 Å². The number of rotatable bonds is 11. The van der Waals surface area contributed by atoms with Crippen molar-refractivity contribution in [2.24, 2.45) is 16.5 Å². The molecule has 10 nitrogen and oxygen atoms in total. The number of aromatic amines is 1. The summed E-state index contributed by atoms with van der Waals surface area (Å²) >= 11 is 13.1. The van der Waals surface area contributed by atoms with Gasteiger partial charge in [0, 0.05) is 52.7 Å². The zero-order valence-electron chi connectivity index (χ0n) is 21.0. The van der Waals surface area contributed by atoms with Gasteiger partial charge in [0.15, 0.2) is 5.96 Å². The molecule has 2 aromatic carbocycles. The molecule has 4 rings (SSSR count). The van der Waals surface area contributed by atoms with E-state index in [1.54, 1.807) is 24.3 Å². The molecule has 0 saturated carbocycles. The third kappa shape index (κ3) is 8.64. The number of thiophene rings is 1. The topological polar surface area (TPSA) is 155 Å². The highest BCUT2D eigenvalue weighted by molar-refractivity contribution is 7.14. The number of benzene rings is 2. The number of imidazole rings is 1. The van der Waals surface area contributed by atoms with Crippen LogP contribution in [0.2, 0.25) is 0 Å². The molecule has 2 aromatic heterocycles. The lowest BCUT2D eigenvalue weighted by atomic mass is 10.2. The zero-order chi connectivity index (χ0) is 27.1. The molecule has 4 aromatic rings. The average molecular weight is 646 g/mol. The number of anilines is 3. The minimum atomic E-state index is -0.329. The van der Waals surface area contributed by atoms with Crippen LogP contribution in [0.1, 0.15) is 10.4 Å². The average Bonchev–Trinajstić information content (AvgIpc) is 3.54. The van der Waals surface area contributed by atoms with Crippen molar-refractivity contribution in [3.8, 4) is 11.4 Å². The molecule has 0 bridgehead atoms. The molecular weight excluding hydrogens is 618 g/mol. The highest BCUT2D eigenvalue weighted by Crippen LogP contribution is 2.29. The molecule has 0 atom stereocenters. The Labute approximate surface area is 257 Å². The van der Waals surface area contributed by atoms with E-state index in [-0.39, 0.29) is 49.1 Å². The van der Waals surface area contributed by atoms with Gasteiger partial charge in [0.1, 0.15) is 12.4 Å². The van der Waals surface area contributed by atoms with E-state index in [1.807, 2.05) is 29.6 Å². The molecule has 0 fully saturated rings. The number of aromatic nitrogens is 2. The van der Waals surface area contributed by atoms with E-state index in [1.165, 1.54) is 11.3 Å². The van der Waals surface area contributed by atoms with Crippen LogP contribution in [0.25, 0.3) is 22.4 Å². The number of hydrogen-bond acceptors (Lipinski definition) is 6. The molecule has 0 aliphatic rings. The molecule has 0 radical (unpaired) electrons. The lowest BCUT2D eigenvalue weighted by molar-refractivity contribution is -0.114. The number of H-pyrrole nitrogens is 1. The van der Waals surface area contributed by atoms with Gasteiger partial charge in [-0.1, -0.05) is 0 Å². The summed E-state index contributed by atoms with van der Waals surface area (Å²) in [4.78, 5) is 38.5. The van der Waals surface area contributed by atoms with E-state index in [0.717, 1.165) is 11.3 Å². The molecule has 0 aliphatic heterocycles. The van der Waals surface area contributed by atoms with Crippen LogP contribution in [0.4, 0.5) is 16.4 Å². The van der Waals surface area contributed by atoms with E-state index >= 15 is 0 Å². The highest BCUT2D eigenvalue weighted by Gasteiger charge is 2.13. The number of nitrogens with one attached hydrogen (secondary N) is 3. The minimum Gasteiger partial charge on any atom is -0.370 e. The van der Waals surface area contributed by atoms with Gasteiger partial charge in [-0.25, -0.2) is 9.98 Å². The number of hydrogen-bond donors (Lipinski definition) is 5. The van der Waals surface area contributed by atoms with Crippen molar-refractivity contribution >= 4 is 105 Å². The maximum absolute atomic E-state index is 12.9. The van der Waals surface area contributed by atoms with E-state index in [4.69, 9.17) is 34.7 Å². The van der Waals surface area contributed by atoms with Crippen LogP contribution in [-0.4, -0.2) is 59.1 Å². The number of nitrogens with two attached hydrogens (primary N) is 2. The second kappa shape index (κ2) is 15.5. The first-order valence-corrected chi connectivity index (χ1v) is 13.5. The summed E-state index contributed by atoms with van der Waals surface area (Å²) < 4.78 is 0. The van der Waals surface area contributed by atoms with Gasteiger partial charge in [-0.2, -0.15) is 0 Å². The van der Waals surface area contributed by atoms with Crippen molar-refractivity contribution in [3.63, 3.8) is 0 Å². The lowest BCUT2D eigenvalue weighted by Gasteiger charge is -2.23. The van der Waals surface area contributed by atoms with Crippen molar-refractivity contribution in [1.82, 2.24) is 9.97 Å². The van der Waals surface area contributed by atoms with E-state index in [2.05, 4.69) is 30.5 Å². The number of carbonyl (C=O) groups excluding carboxylic acids is 2. The first-order chi connectivity index (χ1) is 18.4. The smallest absolute Gasteiger partial charge is 0.255 e. The number of guanidine groups is 1. The maximum Gasteiger partial charge on any atom is 0.255 e. The van der Waals surface area contributed by atoms with Gasteiger partial charge < -0.3 is 32.0 Å². The number of aliphatic imine (C=N–C) groups is 1. The molecule has 7 N–H and O–H groups in total. The summed E-state index contributed by atoms with van der Waals surface area (Å²) in [5.41, 5.74) is 14.9. The predicted octanol–water partition coefficient (Wildman–Crippen LogP) is 4.88. The molecular formula is C25H28Cl4N8O2S. The second-order valence-corrected chi connectivity index (χ2v) is 9.84. The summed E-state index contributed by atoms with van der Waals surface area (Å²) in [6, 6.07) is 14.6. The standard InChI is InChI=1S/C25H26Cl2N8O2S.2ClH/c26-7-9-35(10-8-27)18-4-2-17(3-5-18)31-24(37)15-1-6-19-20(11-15)33-23(32-19)16-12-22(38-14-16)34-21(36)13-30-25(28)29;;/h1-6,11-12,14H,7-10,13H2,(H,31,37)(H,32,33)(H,34,36)(H4,28,29,30);2*1H. The summed E-state index contributed by atoms with van der Waals surface area (Å²) in [7, 11) is 0. The van der Waals surface area contributed by atoms with Crippen LogP contribution in [-0.2, 0) is 4.79 Å². The molecule has 0 saturated heterocycles. The number of amides is 2. The summed E-state index contributed by atoms with van der Waals surface area (Å²) in [6.07, 6.45) is 0. The Balaban J connectivity index is 0.00000280. The van der Waals surface area contributed by atoms with Crippen molar-refractivity contribution in [3.05, 3.63) is 59.5 Å². The Morgan fingerprint density at radius 1 is 1.00 bits per heavy atom. The van der Waals surface area contributed by atoms with Crippen LogP contribution in [0.15, 0.2) is 58.9 Å². The minimum absolute atomic E-state index is 0. The molecule has 15 heteroatoms. The fourth-order valence-electron chi connectivity index (χ4n) is 3.69. The van der Waals surface area contributed by atoms with Crippen molar-refractivity contribution in [2.75, 3.05) is 46.9 Å². The second-order valence-electron chi connectivity index (χ2n) is 8.17. The van der Waals surface area contributed by atoms with Crippen LogP contribution >= 0.6 is 59.4 Å². The third-order valence-corrected chi connectivity index (χ3v) is 6.67. The Kier molecular flexibility index (Phi) is 12.8. The highest BCUT2D eigenvalue weighted by atomic mass is 35.5. The molecule has 2 heterocycles. The fourth-order valence-corrected chi connectivity index (χ4v) is 4.90.